The molecule has 1 aromatic rings. The number of anilines is 1. The van der Waals surface area contributed by atoms with Gasteiger partial charge in [-0.05, 0) is 49.3 Å². The monoisotopic (exact) mass is 365 g/mol. The Bertz CT molecular complexity index is 921. The highest BCUT2D eigenvalue weighted by Gasteiger charge is 2.68. The van der Waals surface area contributed by atoms with Crippen molar-refractivity contribution in [3.05, 3.63) is 41.6 Å². The Morgan fingerprint density at radius 1 is 1.22 bits per heavy atom. The van der Waals surface area contributed by atoms with Crippen molar-refractivity contribution in [1.29, 1.82) is 0 Å². The number of nitrogens with zero attached hydrogens (tertiary/aromatic N) is 1. The van der Waals surface area contributed by atoms with E-state index >= 15 is 0 Å². The lowest BCUT2D eigenvalue weighted by molar-refractivity contribution is -0.172. The van der Waals surface area contributed by atoms with Crippen LogP contribution >= 0.6 is 0 Å². The molecule has 4 saturated heterocycles. The normalized spacial score (nSPS) is 35.5. The molecule has 0 aliphatic carbocycles. The molecule has 27 heavy (non-hydrogen) atoms. The average Bonchev–Trinajstić information content (AvgIpc) is 3.20. The third kappa shape index (κ3) is 1.93. The quantitative estimate of drug-likeness (QED) is 0.787. The van der Waals surface area contributed by atoms with Gasteiger partial charge in [-0.1, -0.05) is 26.0 Å². The van der Waals surface area contributed by atoms with Gasteiger partial charge >= 0.3 is 0 Å². The van der Waals surface area contributed by atoms with E-state index in [-0.39, 0.29) is 29.4 Å². The zero-order valence-corrected chi connectivity index (χ0v) is 15.5. The summed E-state index contributed by atoms with van der Waals surface area (Å²) in [5, 5.41) is 6.20. The summed E-state index contributed by atoms with van der Waals surface area (Å²) < 4.78 is 0. The van der Waals surface area contributed by atoms with Gasteiger partial charge in [0.25, 0.3) is 5.91 Å². The highest BCUT2D eigenvalue weighted by Crippen LogP contribution is 2.52. The Balaban J connectivity index is 1.64. The molecular weight excluding hydrogens is 342 g/mol. The summed E-state index contributed by atoms with van der Waals surface area (Å²) in [5.41, 5.74) is -0.127. The predicted molar refractivity (Wildman–Crippen MR) is 100.0 cm³/mol. The van der Waals surface area contributed by atoms with Crippen LogP contribution in [0.15, 0.2) is 36.0 Å². The largest absolute Gasteiger partial charge is 0.352 e. The van der Waals surface area contributed by atoms with E-state index in [0.29, 0.717) is 24.2 Å². The van der Waals surface area contributed by atoms with Gasteiger partial charge in [0, 0.05) is 17.8 Å². The average molecular weight is 365 g/mol. The Labute approximate surface area is 158 Å². The van der Waals surface area contributed by atoms with E-state index in [9.17, 15) is 14.4 Å². The summed E-state index contributed by atoms with van der Waals surface area (Å²) in [6, 6.07) is 7.31. The number of hydrogen-bond acceptors (Lipinski definition) is 4. The molecule has 140 valence electrons. The number of fused-ring (bicyclic) bond motifs is 3. The van der Waals surface area contributed by atoms with Crippen molar-refractivity contribution in [3.63, 3.8) is 0 Å². The zero-order valence-electron chi connectivity index (χ0n) is 15.5. The minimum absolute atomic E-state index is 0.0390. The predicted octanol–water partition coefficient (Wildman–Crippen LogP) is 2.08. The summed E-state index contributed by atoms with van der Waals surface area (Å²) in [6.45, 7) is 4.78. The summed E-state index contributed by atoms with van der Waals surface area (Å²) in [5.74, 6) is -0.111. The molecule has 5 aliphatic rings. The van der Waals surface area contributed by atoms with Crippen molar-refractivity contribution in [1.82, 2.24) is 10.2 Å². The molecule has 5 aliphatic heterocycles. The number of allylic oxidation sites excluding steroid dienone is 1. The summed E-state index contributed by atoms with van der Waals surface area (Å²) >= 11 is 0. The maximum Gasteiger partial charge on any atom is 0.253 e. The van der Waals surface area contributed by atoms with E-state index in [1.165, 1.54) is 0 Å². The van der Waals surface area contributed by atoms with Crippen LogP contribution in [0.5, 0.6) is 0 Å². The molecule has 1 spiro atoms. The van der Waals surface area contributed by atoms with Gasteiger partial charge in [-0.25, -0.2) is 0 Å². The molecule has 4 fully saturated rings. The maximum absolute atomic E-state index is 13.5. The van der Waals surface area contributed by atoms with Gasteiger partial charge in [0.15, 0.2) is 0 Å². The van der Waals surface area contributed by atoms with Gasteiger partial charge in [0.1, 0.15) is 11.1 Å². The van der Waals surface area contributed by atoms with Gasteiger partial charge in [-0.2, -0.15) is 0 Å². The molecule has 2 N–H and O–H groups in total. The first-order chi connectivity index (χ1) is 12.9. The van der Waals surface area contributed by atoms with E-state index in [1.54, 1.807) is 17.0 Å². The number of para-hydroxylation sites is 1. The van der Waals surface area contributed by atoms with E-state index in [1.807, 2.05) is 18.2 Å². The Morgan fingerprint density at radius 2 is 2.00 bits per heavy atom. The van der Waals surface area contributed by atoms with Crippen molar-refractivity contribution in [2.24, 2.45) is 11.8 Å². The number of hydrogen-bond donors (Lipinski definition) is 2. The molecular formula is C21H23N3O3. The summed E-state index contributed by atoms with van der Waals surface area (Å²) in [7, 11) is 0. The van der Waals surface area contributed by atoms with Crippen LogP contribution in [-0.4, -0.2) is 40.1 Å². The van der Waals surface area contributed by atoms with Gasteiger partial charge < -0.3 is 15.5 Å². The second-order valence-electron chi connectivity index (χ2n) is 8.53. The molecule has 1 aromatic carbocycles. The van der Waals surface area contributed by atoms with Crippen molar-refractivity contribution in [2.75, 3.05) is 11.9 Å². The molecule has 3 atom stereocenters. The number of piperidine rings is 2. The highest BCUT2D eigenvalue weighted by molar-refractivity contribution is 6.19. The first-order valence-electron chi connectivity index (χ1n) is 9.67. The Hall–Kier alpha value is -2.63. The fourth-order valence-electron chi connectivity index (χ4n) is 5.51. The third-order valence-corrected chi connectivity index (χ3v) is 6.84. The van der Waals surface area contributed by atoms with E-state index < -0.39 is 11.1 Å². The molecule has 0 aromatic heterocycles. The molecule has 2 amide bonds. The number of amides is 2. The van der Waals surface area contributed by atoms with Crippen LogP contribution < -0.4 is 10.6 Å². The number of ketones is 1. The third-order valence-electron chi connectivity index (χ3n) is 6.84. The van der Waals surface area contributed by atoms with Crippen molar-refractivity contribution in [2.45, 2.75) is 44.2 Å². The van der Waals surface area contributed by atoms with Gasteiger partial charge in [-0.15, -0.1) is 0 Å². The van der Waals surface area contributed by atoms with E-state index in [2.05, 4.69) is 24.5 Å². The number of benzene rings is 1. The standard InChI is InChI=1S/C21H23N3O3/c1-12(2)14-10-20-8-5-9-24(20)19(27)21(14,23-18(20)26)11-16-17(25)13-6-3-4-7-15(13)22-16/h3-4,6-7,11-12,14,22H,5,8-10H2,1-2H3,(H,23,26)/b16-11-/t14-,20+,21+/m1/s1. The van der Waals surface area contributed by atoms with Gasteiger partial charge in [0.2, 0.25) is 11.7 Å². The van der Waals surface area contributed by atoms with Crippen LogP contribution in [0.4, 0.5) is 5.69 Å². The topological polar surface area (TPSA) is 78.5 Å². The van der Waals surface area contributed by atoms with Crippen molar-refractivity contribution < 1.29 is 14.4 Å². The number of Topliss-reactive ketones (excluding diaryl/α,β-unsaturated/α-hetero) is 1. The van der Waals surface area contributed by atoms with Crippen LogP contribution in [0, 0.1) is 11.8 Å². The number of carbonyl (C=O) groups excluding carboxylic acids is 3. The first-order valence-corrected chi connectivity index (χ1v) is 9.67. The minimum atomic E-state index is -1.16. The fourth-order valence-corrected chi connectivity index (χ4v) is 5.51. The van der Waals surface area contributed by atoms with Crippen LogP contribution in [0.25, 0.3) is 0 Å². The summed E-state index contributed by atoms with van der Waals surface area (Å²) in [4.78, 5) is 41.2. The number of nitrogens with one attached hydrogen (secondary N) is 2. The zero-order chi connectivity index (χ0) is 19.0. The number of piperazine rings is 1. The molecule has 0 radical (unpaired) electrons. The van der Waals surface area contributed by atoms with E-state index in [0.717, 1.165) is 18.5 Å². The van der Waals surface area contributed by atoms with Crippen LogP contribution in [-0.2, 0) is 9.59 Å². The molecule has 6 nitrogen and oxygen atoms in total. The lowest BCUT2D eigenvalue weighted by Gasteiger charge is -2.59. The fraction of sp³-hybridized carbons (Fsp3) is 0.476. The van der Waals surface area contributed by atoms with Gasteiger partial charge in [0.05, 0.1) is 5.70 Å². The molecule has 0 unspecified atom stereocenters. The van der Waals surface area contributed by atoms with Crippen molar-refractivity contribution >= 4 is 23.3 Å². The summed E-state index contributed by atoms with van der Waals surface area (Å²) in [6.07, 6.45) is 3.93. The SMILES string of the molecule is CC(C)[C@H]1C[C@]23CCCN2C(=O)[C@@]1(/C=C1\Nc2ccccc2C1=O)NC3=O. The van der Waals surface area contributed by atoms with Crippen molar-refractivity contribution in [3.8, 4) is 0 Å². The van der Waals surface area contributed by atoms with Crippen LogP contribution in [0.3, 0.4) is 0 Å². The first kappa shape index (κ1) is 16.5. The molecule has 6 rings (SSSR count). The molecule has 5 heterocycles. The Kier molecular flexibility index (Phi) is 3.19. The molecule has 0 saturated carbocycles. The highest BCUT2D eigenvalue weighted by atomic mass is 16.2. The maximum atomic E-state index is 13.5. The van der Waals surface area contributed by atoms with Crippen LogP contribution in [0.1, 0.15) is 43.5 Å². The lowest BCUT2D eigenvalue weighted by Crippen LogP contribution is -2.81. The second kappa shape index (κ2) is 5.21. The van der Waals surface area contributed by atoms with E-state index in [4.69, 9.17) is 0 Å². The molecule has 6 heteroatoms. The lowest BCUT2D eigenvalue weighted by atomic mass is 9.61. The van der Waals surface area contributed by atoms with Gasteiger partial charge in [-0.3, -0.25) is 14.4 Å². The minimum Gasteiger partial charge on any atom is -0.352 e. The Morgan fingerprint density at radius 3 is 2.74 bits per heavy atom. The smallest absolute Gasteiger partial charge is 0.253 e. The second-order valence-corrected chi connectivity index (χ2v) is 8.53. The number of carbonyl (C=O) groups is 3. The molecule has 2 bridgehead atoms. The number of rotatable bonds is 2. The van der Waals surface area contributed by atoms with Crippen LogP contribution in [0.2, 0.25) is 0 Å².